The predicted molar refractivity (Wildman–Crippen MR) is 71.6 cm³/mol. The first kappa shape index (κ1) is 14.8. The van der Waals surface area contributed by atoms with Gasteiger partial charge in [-0.25, -0.2) is 4.79 Å². The lowest BCUT2D eigenvalue weighted by atomic mass is 10.0. The minimum Gasteiger partial charge on any atom is -0.497 e. The van der Waals surface area contributed by atoms with Crippen LogP contribution in [0.4, 0.5) is 0 Å². The number of methoxy groups -OCH3 is 1. The molecule has 1 rings (SSSR count). The normalized spacial score (nSPS) is 11.3. The summed E-state index contributed by atoms with van der Waals surface area (Å²) in [5, 5.41) is 9.02. The summed E-state index contributed by atoms with van der Waals surface area (Å²) in [5.41, 5.74) is 1.79. The first-order valence-corrected chi connectivity index (χ1v) is 6.02. The molecule has 0 bridgehead atoms. The van der Waals surface area contributed by atoms with Crippen molar-refractivity contribution in [2.75, 3.05) is 13.7 Å². The van der Waals surface area contributed by atoms with Crippen molar-refractivity contribution in [1.82, 2.24) is 0 Å². The van der Waals surface area contributed by atoms with Gasteiger partial charge in [-0.05, 0) is 43.5 Å². The monoisotopic (exact) mass is 259 g/mol. The van der Waals surface area contributed by atoms with E-state index in [0.717, 1.165) is 11.3 Å². The van der Waals surface area contributed by atoms with Crippen LogP contribution in [-0.2, 0) is 16.0 Å². The molecule has 1 aromatic carbocycles. The van der Waals surface area contributed by atoms with Crippen LogP contribution in [0.5, 0.6) is 5.75 Å². The van der Waals surface area contributed by atoms with Crippen LogP contribution in [0, 0.1) is 11.3 Å². The van der Waals surface area contributed by atoms with Gasteiger partial charge in [-0.15, -0.1) is 0 Å². The number of hydrogen-bond donors (Lipinski definition) is 0. The van der Waals surface area contributed by atoms with Gasteiger partial charge in [0, 0.05) is 0 Å². The number of benzene rings is 1. The maximum absolute atomic E-state index is 11.6. The number of nitriles is 1. The minimum atomic E-state index is -0.559. The number of nitrogens with zero attached hydrogens (tertiary/aromatic N) is 1. The molecule has 19 heavy (non-hydrogen) atoms. The standard InChI is InChI=1S/C15H17NO3/c1-4-19-15(17)14(10-16)11(2)9-12-5-7-13(18-3)8-6-12/h5-8H,4,9H2,1-3H3/b14-11+. The number of allylic oxidation sites excluding steroid dienone is 1. The van der Waals surface area contributed by atoms with Gasteiger partial charge in [0.15, 0.2) is 0 Å². The van der Waals surface area contributed by atoms with Crippen molar-refractivity contribution in [2.45, 2.75) is 20.3 Å². The van der Waals surface area contributed by atoms with Crippen LogP contribution in [0.1, 0.15) is 19.4 Å². The number of hydrogen-bond acceptors (Lipinski definition) is 4. The van der Waals surface area contributed by atoms with Crippen molar-refractivity contribution < 1.29 is 14.3 Å². The molecule has 0 spiro atoms. The fraction of sp³-hybridized carbons (Fsp3) is 0.333. The van der Waals surface area contributed by atoms with Crippen LogP contribution < -0.4 is 4.74 Å². The average Bonchev–Trinajstić information content (AvgIpc) is 2.40. The molecular formula is C15H17NO3. The van der Waals surface area contributed by atoms with Gasteiger partial charge >= 0.3 is 5.97 Å². The third-order valence-corrected chi connectivity index (χ3v) is 2.65. The van der Waals surface area contributed by atoms with Gasteiger partial charge in [0.05, 0.1) is 13.7 Å². The SMILES string of the molecule is CCOC(=O)/C(C#N)=C(\C)Cc1ccc(OC)cc1. The molecule has 100 valence electrons. The van der Waals surface area contributed by atoms with Crippen LogP contribution in [0.15, 0.2) is 35.4 Å². The molecule has 0 saturated carbocycles. The second-order valence-electron chi connectivity index (χ2n) is 4.01. The van der Waals surface area contributed by atoms with Crippen molar-refractivity contribution in [1.29, 1.82) is 5.26 Å². The lowest BCUT2D eigenvalue weighted by Gasteiger charge is -2.06. The molecule has 0 unspecified atom stereocenters. The Morgan fingerprint density at radius 3 is 2.42 bits per heavy atom. The van der Waals surface area contributed by atoms with E-state index < -0.39 is 5.97 Å². The molecule has 0 N–H and O–H groups in total. The van der Waals surface area contributed by atoms with Gasteiger partial charge in [-0.3, -0.25) is 0 Å². The Labute approximate surface area is 113 Å². The molecule has 0 aliphatic rings. The highest BCUT2D eigenvalue weighted by molar-refractivity contribution is 5.93. The summed E-state index contributed by atoms with van der Waals surface area (Å²) < 4.78 is 9.93. The lowest BCUT2D eigenvalue weighted by Crippen LogP contribution is -2.09. The molecular weight excluding hydrogens is 242 g/mol. The number of ether oxygens (including phenoxy) is 2. The maximum atomic E-state index is 11.6. The van der Waals surface area contributed by atoms with E-state index in [-0.39, 0.29) is 12.2 Å². The average molecular weight is 259 g/mol. The van der Waals surface area contributed by atoms with E-state index in [1.807, 2.05) is 30.3 Å². The largest absolute Gasteiger partial charge is 0.497 e. The Balaban J connectivity index is 2.88. The van der Waals surface area contributed by atoms with Crippen molar-refractivity contribution in [2.24, 2.45) is 0 Å². The van der Waals surface area contributed by atoms with Gasteiger partial charge in [0.2, 0.25) is 0 Å². The van der Waals surface area contributed by atoms with Crippen LogP contribution in [0.2, 0.25) is 0 Å². The molecule has 0 aliphatic carbocycles. The van der Waals surface area contributed by atoms with Crippen LogP contribution in [0.3, 0.4) is 0 Å². The van der Waals surface area contributed by atoms with Gasteiger partial charge in [0.25, 0.3) is 0 Å². The second kappa shape index (κ2) is 7.22. The molecule has 0 amide bonds. The lowest BCUT2D eigenvalue weighted by molar-refractivity contribution is -0.138. The highest BCUT2D eigenvalue weighted by atomic mass is 16.5. The second-order valence-corrected chi connectivity index (χ2v) is 4.01. The Morgan fingerprint density at radius 1 is 1.32 bits per heavy atom. The topological polar surface area (TPSA) is 59.3 Å². The van der Waals surface area contributed by atoms with Crippen LogP contribution in [0.25, 0.3) is 0 Å². The zero-order chi connectivity index (χ0) is 14.3. The molecule has 4 nitrogen and oxygen atoms in total. The Bertz CT molecular complexity index is 509. The number of carbonyl (C=O) groups excluding carboxylic acids is 1. The Hall–Kier alpha value is -2.28. The van der Waals surface area contributed by atoms with E-state index in [2.05, 4.69) is 0 Å². The number of rotatable bonds is 5. The molecule has 0 heterocycles. The third-order valence-electron chi connectivity index (χ3n) is 2.65. The van der Waals surface area contributed by atoms with E-state index in [4.69, 9.17) is 14.7 Å². The van der Waals surface area contributed by atoms with E-state index in [0.29, 0.717) is 12.0 Å². The van der Waals surface area contributed by atoms with Gasteiger partial charge in [-0.1, -0.05) is 12.1 Å². The van der Waals surface area contributed by atoms with E-state index >= 15 is 0 Å². The molecule has 0 fully saturated rings. The summed E-state index contributed by atoms with van der Waals surface area (Å²) >= 11 is 0. The zero-order valence-electron chi connectivity index (χ0n) is 11.4. The fourth-order valence-corrected chi connectivity index (χ4v) is 1.66. The third kappa shape index (κ3) is 4.14. The van der Waals surface area contributed by atoms with Gasteiger partial charge in [0.1, 0.15) is 17.4 Å². The summed E-state index contributed by atoms with van der Waals surface area (Å²) in [6.45, 7) is 3.74. The van der Waals surface area contributed by atoms with Gasteiger partial charge in [-0.2, -0.15) is 5.26 Å². The summed E-state index contributed by atoms with van der Waals surface area (Å²) in [6, 6.07) is 9.41. The highest BCUT2D eigenvalue weighted by Crippen LogP contribution is 2.16. The maximum Gasteiger partial charge on any atom is 0.348 e. The first-order chi connectivity index (χ1) is 9.12. The zero-order valence-corrected chi connectivity index (χ0v) is 11.4. The highest BCUT2D eigenvalue weighted by Gasteiger charge is 2.13. The smallest absolute Gasteiger partial charge is 0.348 e. The van der Waals surface area contributed by atoms with Gasteiger partial charge < -0.3 is 9.47 Å². The molecule has 0 atom stereocenters. The molecule has 0 aromatic heterocycles. The Kier molecular flexibility index (Phi) is 5.62. The van der Waals surface area contributed by atoms with Crippen molar-refractivity contribution in [3.8, 4) is 11.8 Å². The molecule has 0 radical (unpaired) electrons. The summed E-state index contributed by atoms with van der Waals surface area (Å²) in [4.78, 5) is 11.6. The quantitative estimate of drug-likeness (QED) is 0.463. The first-order valence-electron chi connectivity index (χ1n) is 6.02. The summed E-state index contributed by atoms with van der Waals surface area (Å²) in [5.74, 6) is 0.215. The van der Waals surface area contributed by atoms with E-state index in [9.17, 15) is 4.79 Å². The van der Waals surface area contributed by atoms with E-state index in [1.165, 1.54) is 0 Å². The number of esters is 1. The Morgan fingerprint density at radius 2 is 1.95 bits per heavy atom. The minimum absolute atomic E-state index is 0.0812. The van der Waals surface area contributed by atoms with Crippen LogP contribution in [-0.4, -0.2) is 19.7 Å². The van der Waals surface area contributed by atoms with E-state index in [1.54, 1.807) is 21.0 Å². The van der Waals surface area contributed by atoms with Crippen molar-refractivity contribution in [3.05, 3.63) is 41.0 Å². The van der Waals surface area contributed by atoms with Crippen molar-refractivity contribution >= 4 is 5.97 Å². The number of carbonyl (C=O) groups is 1. The molecule has 0 saturated heterocycles. The fourth-order valence-electron chi connectivity index (χ4n) is 1.66. The van der Waals surface area contributed by atoms with Crippen molar-refractivity contribution in [3.63, 3.8) is 0 Å². The summed E-state index contributed by atoms with van der Waals surface area (Å²) in [7, 11) is 1.61. The predicted octanol–water partition coefficient (Wildman–Crippen LogP) is 2.64. The molecule has 0 aliphatic heterocycles. The molecule has 4 heteroatoms. The molecule has 1 aromatic rings. The summed E-state index contributed by atoms with van der Waals surface area (Å²) in [6.07, 6.45) is 0.533. The van der Waals surface area contributed by atoms with Crippen LogP contribution >= 0.6 is 0 Å².